The molecule has 0 aliphatic heterocycles. The van der Waals surface area contributed by atoms with Crippen molar-refractivity contribution >= 4 is 17.5 Å². The van der Waals surface area contributed by atoms with Gasteiger partial charge in [-0.3, -0.25) is 4.79 Å². The molecular formula is C15H18ClN3O2. The van der Waals surface area contributed by atoms with E-state index >= 15 is 0 Å². The van der Waals surface area contributed by atoms with Crippen LogP contribution in [-0.4, -0.2) is 26.7 Å². The number of aromatic nitrogens is 2. The van der Waals surface area contributed by atoms with Crippen LogP contribution in [0.1, 0.15) is 35.4 Å². The number of carbonyl (C=O) groups excluding carboxylic acids is 1. The van der Waals surface area contributed by atoms with Gasteiger partial charge in [-0.1, -0.05) is 29.8 Å². The van der Waals surface area contributed by atoms with Crippen molar-refractivity contribution in [1.82, 2.24) is 9.55 Å². The number of hydrogen-bond acceptors (Lipinski definition) is 3. The first kappa shape index (κ1) is 15.5. The maximum absolute atomic E-state index is 11.1. The van der Waals surface area contributed by atoms with Gasteiger partial charge >= 0.3 is 0 Å². The number of halogens is 1. The van der Waals surface area contributed by atoms with Crippen LogP contribution >= 0.6 is 11.6 Å². The quantitative estimate of drug-likeness (QED) is 0.858. The van der Waals surface area contributed by atoms with Crippen molar-refractivity contribution < 1.29 is 9.90 Å². The van der Waals surface area contributed by atoms with Crippen LogP contribution in [0.15, 0.2) is 36.8 Å². The number of aliphatic hydroxyl groups excluding tert-OH is 1. The van der Waals surface area contributed by atoms with Crippen molar-refractivity contribution in [3.8, 4) is 0 Å². The van der Waals surface area contributed by atoms with Gasteiger partial charge in [0.05, 0.1) is 18.5 Å². The summed E-state index contributed by atoms with van der Waals surface area (Å²) in [5, 5.41) is 10.7. The van der Waals surface area contributed by atoms with E-state index in [0.717, 1.165) is 12.0 Å². The molecule has 2 rings (SSSR count). The molecule has 112 valence electrons. The lowest BCUT2D eigenvalue weighted by Crippen LogP contribution is -2.21. The van der Waals surface area contributed by atoms with E-state index < -0.39 is 12.0 Å². The van der Waals surface area contributed by atoms with Gasteiger partial charge in [-0.15, -0.1) is 0 Å². The zero-order valence-electron chi connectivity index (χ0n) is 11.7. The number of primary amides is 1. The highest BCUT2D eigenvalue weighted by Gasteiger charge is 2.19. The Morgan fingerprint density at radius 1 is 1.48 bits per heavy atom. The van der Waals surface area contributed by atoms with Crippen LogP contribution in [0.4, 0.5) is 0 Å². The highest BCUT2D eigenvalue weighted by Crippen LogP contribution is 2.23. The van der Waals surface area contributed by atoms with Crippen LogP contribution in [0.25, 0.3) is 0 Å². The Kier molecular flexibility index (Phi) is 4.98. The minimum atomic E-state index is -0.581. The second-order valence-electron chi connectivity index (χ2n) is 5.01. The third kappa shape index (κ3) is 3.83. The van der Waals surface area contributed by atoms with Gasteiger partial charge in [0.1, 0.15) is 5.69 Å². The fraction of sp³-hybridized carbons (Fsp3) is 0.333. The molecule has 0 spiro atoms. The van der Waals surface area contributed by atoms with Crippen molar-refractivity contribution in [2.24, 2.45) is 5.73 Å². The molecule has 0 saturated heterocycles. The average molecular weight is 308 g/mol. The van der Waals surface area contributed by atoms with Gasteiger partial charge in [-0.05, 0) is 31.4 Å². The normalized spacial score (nSPS) is 13.9. The third-order valence-corrected chi connectivity index (χ3v) is 3.83. The summed E-state index contributed by atoms with van der Waals surface area (Å²) in [6.07, 6.45) is 3.90. The Bertz CT molecular complexity index is 625. The van der Waals surface area contributed by atoms with Crippen LogP contribution in [0, 0.1) is 0 Å². The fourth-order valence-corrected chi connectivity index (χ4v) is 2.52. The minimum Gasteiger partial charge on any atom is -0.391 e. The van der Waals surface area contributed by atoms with Crippen LogP contribution in [-0.2, 0) is 6.42 Å². The molecule has 1 heterocycles. The summed E-state index contributed by atoms with van der Waals surface area (Å²) in [5.41, 5.74) is 6.41. The summed E-state index contributed by atoms with van der Waals surface area (Å²) < 4.78 is 1.72. The van der Waals surface area contributed by atoms with Gasteiger partial charge in [0.15, 0.2) is 0 Å². The Labute approximate surface area is 128 Å². The Morgan fingerprint density at radius 2 is 2.19 bits per heavy atom. The molecule has 21 heavy (non-hydrogen) atoms. The largest absolute Gasteiger partial charge is 0.391 e. The molecule has 0 bridgehead atoms. The van der Waals surface area contributed by atoms with Crippen LogP contribution in [0.3, 0.4) is 0 Å². The number of amides is 1. The average Bonchev–Trinajstić information content (AvgIpc) is 2.90. The van der Waals surface area contributed by atoms with Gasteiger partial charge in [-0.2, -0.15) is 0 Å². The molecule has 0 unspecified atom stereocenters. The van der Waals surface area contributed by atoms with E-state index in [2.05, 4.69) is 4.98 Å². The lowest BCUT2D eigenvalue weighted by atomic mass is 10.0. The zero-order chi connectivity index (χ0) is 15.4. The first-order valence-electron chi connectivity index (χ1n) is 6.73. The van der Waals surface area contributed by atoms with E-state index in [1.54, 1.807) is 17.7 Å². The smallest absolute Gasteiger partial charge is 0.268 e. The van der Waals surface area contributed by atoms with E-state index in [4.69, 9.17) is 17.3 Å². The molecule has 0 radical (unpaired) electrons. The number of aryl methyl sites for hydroxylation is 1. The zero-order valence-corrected chi connectivity index (χ0v) is 12.5. The van der Waals surface area contributed by atoms with E-state index in [1.807, 2.05) is 24.3 Å². The van der Waals surface area contributed by atoms with Crippen LogP contribution < -0.4 is 5.73 Å². The lowest BCUT2D eigenvalue weighted by molar-refractivity contribution is 0.0994. The Hall–Kier alpha value is -1.85. The monoisotopic (exact) mass is 307 g/mol. The highest BCUT2D eigenvalue weighted by atomic mass is 35.5. The van der Waals surface area contributed by atoms with Crippen molar-refractivity contribution in [2.45, 2.75) is 31.9 Å². The second kappa shape index (κ2) is 6.74. The molecule has 2 atom stereocenters. The number of imidazole rings is 1. The second-order valence-corrected chi connectivity index (χ2v) is 5.42. The molecule has 0 aliphatic rings. The maximum Gasteiger partial charge on any atom is 0.268 e. The van der Waals surface area contributed by atoms with Gasteiger partial charge in [0.2, 0.25) is 0 Å². The van der Waals surface area contributed by atoms with Crippen molar-refractivity contribution in [3.63, 3.8) is 0 Å². The first-order chi connectivity index (χ1) is 9.99. The number of nitrogens with zero attached hydrogens (tertiary/aromatic N) is 2. The van der Waals surface area contributed by atoms with Crippen LogP contribution in [0.2, 0.25) is 5.02 Å². The number of aliphatic hydroxyl groups is 1. The molecule has 0 aliphatic carbocycles. The van der Waals surface area contributed by atoms with Crippen LogP contribution in [0.5, 0.6) is 0 Å². The molecule has 6 heteroatoms. The molecular weight excluding hydrogens is 290 g/mol. The number of benzene rings is 1. The summed E-state index contributed by atoms with van der Waals surface area (Å²) in [4.78, 5) is 15.0. The summed E-state index contributed by atoms with van der Waals surface area (Å²) in [7, 11) is 0. The number of nitrogens with two attached hydrogens (primary N) is 1. The summed E-state index contributed by atoms with van der Waals surface area (Å²) >= 11 is 6.14. The van der Waals surface area contributed by atoms with E-state index in [0.29, 0.717) is 11.4 Å². The standard InChI is InChI=1S/C15H18ClN3O2/c1-10(20)14(19-8-13(15(17)21)18-9-19)7-6-11-4-2-3-5-12(11)16/h2-5,8-10,14,20H,6-7H2,1H3,(H2,17,21)/t10-,14-/m1/s1. The molecule has 1 aromatic heterocycles. The number of carbonyl (C=O) groups is 1. The van der Waals surface area contributed by atoms with Gasteiger partial charge in [0, 0.05) is 11.2 Å². The summed E-state index contributed by atoms with van der Waals surface area (Å²) in [5.74, 6) is -0.579. The van der Waals surface area contributed by atoms with E-state index in [9.17, 15) is 9.90 Å². The van der Waals surface area contributed by atoms with E-state index in [1.165, 1.54) is 6.33 Å². The Morgan fingerprint density at radius 3 is 2.76 bits per heavy atom. The molecule has 5 nitrogen and oxygen atoms in total. The molecule has 1 amide bonds. The Balaban J connectivity index is 2.12. The number of hydrogen-bond donors (Lipinski definition) is 2. The molecule has 2 aromatic rings. The predicted octanol–water partition coefficient (Wildman–Crippen LogP) is 2.19. The van der Waals surface area contributed by atoms with E-state index in [-0.39, 0.29) is 11.7 Å². The first-order valence-corrected chi connectivity index (χ1v) is 7.11. The SMILES string of the molecule is C[C@@H](O)[C@@H](CCc1ccccc1Cl)n1cnc(C(N)=O)c1. The lowest BCUT2D eigenvalue weighted by Gasteiger charge is -2.21. The predicted molar refractivity (Wildman–Crippen MR) is 81.2 cm³/mol. The van der Waals surface area contributed by atoms with Gasteiger partial charge in [-0.25, -0.2) is 4.98 Å². The van der Waals surface area contributed by atoms with Gasteiger partial charge in [0.25, 0.3) is 5.91 Å². The molecule has 0 fully saturated rings. The summed E-state index contributed by atoms with van der Waals surface area (Å²) in [6.45, 7) is 1.71. The highest BCUT2D eigenvalue weighted by molar-refractivity contribution is 6.31. The topological polar surface area (TPSA) is 81.1 Å². The minimum absolute atomic E-state index is 0.193. The molecule has 1 aromatic carbocycles. The third-order valence-electron chi connectivity index (χ3n) is 3.46. The fourth-order valence-electron chi connectivity index (χ4n) is 2.29. The molecule has 0 saturated carbocycles. The number of rotatable bonds is 6. The summed E-state index contributed by atoms with van der Waals surface area (Å²) in [6, 6.07) is 7.43. The van der Waals surface area contributed by atoms with Crippen molar-refractivity contribution in [2.75, 3.05) is 0 Å². The van der Waals surface area contributed by atoms with Crippen molar-refractivity contribution in [1.29, 1.82) is 0 Å². The van der Waals surface area contributed by atoms with Gasteiger partial charge < -0.3 is 15.4 Å². The maximum atomic E-state index is 11.1. The van der Waals surface area contributed by atoms with Crippen molar-refractivity contribution in [3.05, 3.63) is 53.1 Å². The molecule has 3 N–H and O–H groups in total.